The Morgan fingerprint density at radius 3 is 1.36 bits per heavy atom. The number of nitrogens with zero attached hydrogens (tertiary/aromatic N) is 4. The molecular weight excluding hydrogens is 627 g/mol. The monoisotopic (exact) mass is 650 g/mol. The molecule has 4 heterocycles. The highest BCUT2D eigenvalue weighted by atomic mass is 19.4. The van der Waals surface area contributed by atoms with E-state index in [1.54, 1.807) is 12.3 Å². The van der Waals surface area contributed by atoms with Crippen LogP contribution in [0.5, 0.6) is 0 Å². The Morgan fingerprint density at radius 2 is 1.05 bits per heavy atom. The SMILES string of the molecule is O=C(O)C(F)(F)F.O=C(O)C(F)(F)F.O=C(O)C(F)(F)F.O=C(c1ccccn1)N1C[C@H]2CN(Cc3ccccn3)C[C@H]2C1. The summed E-state index contributed by atoms with van der Waals surface area (Å²) < 4.78 is 95.2. The summed E-state index contributed by atoms with van der Waals surface area (Å²) in [6, 6.07) is 11.6. The van der Waals surface area contributed by atoms with Crippen LogP contribution in [0.4, 0.5) is 39.5 Å². The summed E-state index contributed by atoms with van der Waals surface area (Å²) in [5, 5.41) is 21.4. The van der Waals surface area contributed by atoms with Gasteiger partial charge in [-0.25, -0.2) is 14.4 Å². The zero-order chi connectivity index (χ0) is 33.9. The molecule has 0 aromatic carbocycles. The summed E-state index contributed by atoms with van der Waals surface area (Å²) in [7, 11) is 0. The van der Waals surface area contributed by atoms with E-state index in [4.69, 9.17) is 29.7 Å². The first kappa shape index (κ1) is 37.5. The van der Waals surface area contributed by atoms with Gasteiger partial charge >= 0.3 is 36.4 Å². The van der Waals surface area contributed by atoms with Crippen LogP contribution in [0.25, 0.3) is 0 Å². The van der Waals surface area contributed by atoms with E-state index in [0.29, 0.717) is 17.5 Å². The van der Waals surface area contributed by atoms with Crippen molar-refractivity contribution in [3.63, 3.8) is 0 Å². The number of aliphatic carboxylic acids is 3. The third kappa shape index (κ3) is 13.2. The fraction of sp³-hybridized carbons (Fsp3) is 0.417. The number of fused-ring (bicyclic) bond motifs is 1. The molecule has 0 bridgehead atoms. The molecule has 2 aliphatic heterocycles. The quantitative estimate of drug-likeness (QED) is 0.419. The average molecular weight is 650 g/mol. The third-order valence-corrected chi connectivity index (χ3v) is 5.57. The number of hydrogen-bond donors (Lipinski definition) is 3. The van der Waals surface area contributed by atoms with Gasteiger partial charge in [0.2, 0.25) is 0 Å². The average Bonchev–Trinajstić information content (AvgIpc) is 3.48. The van der Waals surface area contributed by atoms with Gasteiger partial charge in [0.25, 0.3) is 5.91 Å². The topological polar surface area (TPSA) is 161 Å². The number of halogens is 9. The molecule has 1 amide bonds. The van der Waals surface area contributed by atoms with Crippen molar-refractivity contribution in [3.05, 3.63) is 60.2 Å². The van der Waals surface area contributed by atoms with Gasteiger partial charge in [0, 0.05) is 45.1 Å². The van der Waals surface area contributed by atoms with Crippen molar-refractivity contribution >= 4 is 23.8 Å². The van der Waals surface area contributed by atoms with Crippen LogP contribution in [0.1, 0.15) is 16.2 Å². The number of likely N-dealkylation sites (tertiary alicyclic amines) is 2. The lowest BCUT2D eigenvalue weighted by atomic mass is 10.0. The van der Waals surface area contributed by atoms with Crippen molar-refractivity contribution in [2.45, 2.75) is 25.1 Å². The maximum Gasteiger partial charge on any atom is 0.490 e. The second kappa shape index (κ2) is 15.8. The number of alkyl halides is 9. The number of aromatic nitrogens is 2. The highest BCUT2D eigenvalue weighted by molar-refractivity contribution is 5.92. The van der Waals surface area contributed by atoms with E-state index in [1.165, 1.54) is 0 Å². The first-order valence-corrected chi connectivity index (χ1v) is 11.9. The molecule has 2 aliphatic rings. The van der Waals surface area contributed by atoms with Gasteiger partial charge in [-0.2, -0.15) is 39.5 Å². The molecule has 0 spiro atoms. The Hall–Kier alpha value is -4.49. The summed E-state index contributed by atoms with van der Waals surface area (Å²) in [4.78, 5) is 52.2. The lowest BCUT2D eigenvalue weighted by Gasteiger charge is -2.21. The van der Waals surface area contributed by atoms with Crippen LogP contribution in [0.2, 0.25) is 0 Å². The number of pyridine rings is 2. The highest BCUT2D eigenvalue weighted by Gasteiger charge is 2.42. The first-order chi connectivity index (χ1) is 20.1. The standard InChI is InChI=1S/C18H20N4O.3C2HF3O2/c23-18(17-6-2-4-8-20-17)22-11-14-9-21(10-15(14)12-22)13-16-5-1-3-7-19-16;3*3-2(4,5)1(6)7/h1-8,14-15H,9-13H2;3*(H,6,7)/t14-,15+;;;. The Kier molecular flexibility index (Phi) is 13.5. The Morgan fingerprint density at radius 1 is 0.659 bits per heavy atom. The van der Waals surface area contributed by atoms with Crippen LogP contribution in [-0.4, -0.2) is 104 Å². The van der Waals surface area contributed by atoms with Gasteiger partial charge in [-0.1, -0.05) is 12.1 Å². The molecule has 0 radical (unpaired) electrons. The lowest BCUT2D eigenvalue weighted by molar-refractivity contribution is -0.193. The van der Waals surface area contributed by atoms with Crippen molar-refractivity contribution in [1.82, 2.24) is 19.8 Å². The van der Waals surface area contributed by atoms with Crippen LogP contribution in [0.3, 0.4) is 0 Å². The summed E-state index contributed by atoms with van der Waals surface area (Å²) in [5.74, 6) is -7.05. The van der Waals surface area contributed by atoms with Crippen molar-refractivity contribution in [3.8, 4) is 0 Å². The van der Waals surface area contributed by atoms with Crippen molar-refractivity contribution in [2.24, 2.45) is 11.8 Å². The molecule has 20 heteroatoms. The minimum atomic E-state index is -5.08. The molecule has 11 nitrogen and oxygen atoms in total. The molecule has 2 fully saturated rings. The van der Waals surface area contributed by atoms with E-state index in [9.17, 15) is 44.3 Å². The highest BCUT2D eigenvalue weighted by Crippen LogP contribution is 2.32. The summed E-state index contributed by atoms with van der Waals surface area (Å²) in [6.45, 7) is 4.69. The predicted octanol–water partition coefficient (Wildman–Crippen LogP) is 3.58. The van der Waals surface area contributed by atoms with Gasteiger partial charge in [-0.3, -0.25) is 19.7 Å². The van der Waals surface area contributed by atoms with E-state index < -0.39 is 36.4 Å². The summed E-state index contributed by atoms with van der Waals surface area (Å²) in [5.41, 5.74) is 1.67. The van der Waals surface area contributed by atoms with Crippen molar-refractivity contribution in [1.29, 1.82) is 0 Å². The number of rotatable bonds is 3. The molecule has 44 heavy (non-hydrogen) atoms. The largest absolute Gasteiger partial charge is 0.490 e. The molecule has 0 aliphatic carbocycles. The number of carbonyl (C=O) groups excluding carboxylic acids is 1. The molecule has 3 N–H and O–H groups in total. The number of carboxylic acids is 3. The van der Waals surface area contributed by atoms with Gasteiger partial charge in [0.05, 0.1) is 5.69 Å². The van der Waals surface area contributed by atoms with E-state index in [2.05, 4.69) is 20.9 Å². The molecular formula is C24H23F9N4O7. The molecule has 0 saturated carbocycles. The lowest BCUT2D eigenvalue weighted by Crippen LogP contribution is -2.33. The Bertz CT molecular complexity index is 1170. The Balaban J connectivity index is 0.000000379. The van der Waals surface area contributed by atoms with Gasteiger partial charge in [0.1, 0.15) is 5.69 Å². The van der Waals surface area contributed by atoms with E-state index in [1.807, 2.05) is 35.4 Å². The predicted molar refractivity (Wildman–Crippen MR) is 128 cm³/mol. The molecule has 4 rings (SSSR count). The second-order valence-corrected chi connectivity index (χ2v) is 8.87. The van der Waals surface area contributed by atoms with Gasteiger partial charge < -0.3 is 20.2 Å². The molecule has 2 aromatic rings. The fourth-order valence-corrected chi connectivity index (χ4v) is 3.76. The van der Waals surface area contributed by atoms with Crippen molar-refractivity contribution < 1.29 is 74.0 Å². The number of amides is 1. The van der Waals surface area contributed by atoms with Gasteiger partial charge in [0.15, 0.2) is 0 Å². The molecule has 0 unspecified atom stereocenters. The van der Waals surface area contributed by atoms with Crippen LogP contribution in [0, 0.1) is 11.8 Å². The van der Waals surface area contributed by atoms with Gasteiger partial charge in [-0.15, -0.1) is 0 Å². The van der Waals surface area contributed by atoms with Crippen LogP contribution in [-0.2, 0) is 20.9 Å². The molecule has 2 atom stereocenters. The normalized spacial score (nSPS) is 17.9. The zero-order valence-electron chi connectivity index (χ0n) is 22.0. The fourth-order valence-electron chi connectivity index (χ4n) is 3.76. The maximum atomic E-state index is 12.5. The number of carbonyl (C=O) groups is 4. The smallest absolute Gasteiger partial charge is 0.475 e. The van der Waals surface area contributed by atoms with E-state index in [-0.39, 0.29) is 5.91 Å². The maximum absolute atomic E-state index is 12.5. The van der Waals surface area contributed by atoms with Crippen LogP contribution in [0.15, 0.2) is 48.8 Å². The second-order valence-electron chi connectivity index (χ2n) is 8.87. The molecule has 2 saturated heterocycles. The summed E-state index contributed by atoms with van der Waals surface area (Å²) >= 11 is 0. The van der Waals surface area contributed by atoms with Gasteiger partial charge in [-0.05, 0) is 36.1 Å². The van der Waals surface area contributed by atoms with E-state index >= 15 is 0 Å². The first-order valence-electron chi connectivity index (χ1n) is 11.9. The molecule has 2 aromatic heterocycles. The summed E-state index contributed by atoms with van der Waals surface area (Å²) in [6.07, 6.45) is -11.7. The number of hydrogen-bond acceptors (Lipinski definition) is 7. The molecule has 244 valence electrons. The third-order valence-electron chi connectivity index (χ3n) is 5.57. The van der Waals surface area contributed by atoms with Crippen LogP contribution >= 0.6 is 0 Å². The zero-order valence-corrected chi connectivity index (χ0v) is 22.0. The minimum absolute atomic E-state index is 0.0660. The minimum Gasteiger partial charge on any atom is -0.475 e. The number of carboxylic acid groups (broad SMARTS) is 3. The Labute approximate surface area is 241 Å². The van der Waals surface area contributed by atoms with Crippen molar-refractivity contribution in [2.75, 3.05) is 26.2 Å². The van der Waals surface area contributed by atoms with Crippen LogP contribution < -0.4 is 0 Å². The van der Waals surface area contributed by atoms with E-state index in [0.717, 1.165) is 38.4 Å².